The first kappa shape index (κ1) is 18.6. The zero-order valence-corrected chi connectivity index (χ0v) is 16.7. The summed E-state index contributed by atoms with van der Waals surface area (Å²) in [6, 6.07) is 17.9. The number of benzene rings is 2. The number of carbonyl (C=O) groups excluding carboxylic acids is 1. The zero-order valence-electron chi connectivity index (χ0n) is 16.7. The molecule has 5 rings (SSSR count). The van der Waals surface area contributed by atoms with E-state index >= 15 is 0 Å². The first-order chi connectivity index (χ1) is 14.7. The molecule has 1 atom stereocenters. The molecular weight excluding hydrogens is 374 g/mol. The molecule has 5 nitrogen and oxygen atoms in total. The van der Waals surface area contributed by atoms with Crippen LogP contribution in [0.4, 0.5) is 5.69 Å². The summed E-state index contributed by atoms with van der Waals surface area (Å²) in [7, 11) is 1.62. The summed E-state index contributed by atoms with van der Waals surface area (Å²) in [5.74, 6) is -0.313. The van der Waals surface area contributed by atoms with Gasteiger partial charge in [-0.1, -0.05) is 36.4 Å². The maximum absolute atomic E-state index is 13.3. The van der Waals surface area contributed by atoms with Crippen molar-refractivity contribution in [1.29, 1.82) is 0 Å². The van der Waals surface area contributed by atoms with Crippen LogP contribution in [0.25, 0.3) is 0 Å². The monoisotopic (exact) mass is 395 g/mol. The molecule has 148 valence electrons. The van der Waals surface area contributed by atoms with Gasteiger partial charge in [-0.25, -0.2) is 4.99 Å². The van der Waals surface area contributed by atoms with Crippen LogP contribution in [-0.2, 0) is 22.5 Å². The van der Waals surface area contributed by atoms with E-state index in [1.165, 1.54) is 5.56 Å². The van der Waals surface area contributed by atoms with Crippen LogP contribution < -0.4 is 0 Å². The number of fused-ring (bicyclic) bond motifs is 2. The second kappa shape index (κ2) is 7.76. The average molecular weight is 395 g/mol. The third-order valence-corrected chi connectivity index (χ3v) is 5.67. The van der Waals surface area contributed by atoms with Gasteiger partial charge in [0.05, 0.1) is 36.2 Å². The van der Waals surface area contributed by atoms with E-state index in [4.69, 9.17) is 14.7 Å². The number of hydrogen-bond donors (Lipinski definition) is 0. The van der Waals surface area contributed by atoms with Gasteiger partial charge >= 0.3 is 0 Å². The minimum atomic E-state index is -0.343. The Hall–Kier alpha value is -3.44. The fourth-order valence-electron chi connectivity index (χ4n) is 4.17. The largest absolute Gasteiger partial charge is 0.384 e. The summed E-state index contributed by atoms with van der Waals surface area (Å²) in [5.41, 5.74) is 7.80. The van der Waals surface area contributed by atoms with Crippen molar-refractivity contribution in [3.8, 4) is 0 Å². The number of hydrogen-bond acceptors (Lipinski definition) is 5. The maximum atomic E-state index is 13.3. The molecule has 0 N–H and O–H groups in total. The Morgan fingerprint density at radius 1 is 1.07 bits per heavy atom. The lowest BCUT2D eigenvalue weighted by molar-refractivity contribution is -0.115. The highest BCUT2D eigenvalue weighted by Gasteiger charge is 2.30. The molecule has 0 aliphatic carbocycles. The molecule has 0 radical (unpaired) electrons. The SMILES string of the molecule is COC[C@@H](C(=O)C1=Nc2cc3c(cc2C1)CN=C3c1ccncc1)c1ccccc1. The highest BCUT2D eigenvalue weighted by Crippen LogP contribution is 2.35. The van der Waals surface area contributed by atoms with Crippen LogP contribution in [0.1, 0.15) is 33.7 Å². The van der Waals surface area contributed by atoms with Crippen molar-refractivity contribution >= 4 is 22.9 Å². The van der Waals surface area contributed by atoms with Crippen molar-refractivity contribution in [2.75, 3.05) is 13.7 Å². The number of carbonyl (C=O) groups is 1. The predicted octanol–water partition coefficient (Wildman–Crippen LogP) is 4.06. The molecule has 3 aromatic rings. The summed E-state index contributed by atoms with van der Waals surface area (Å²) in [5, 5.41) is 0. The molecular formula is C25H21N3O2. The number of rotatable bonds is 6. The smallest absolute Gasteiger partial charge is 0.187 e. The van der Waals surface area contributed by atoms with Gasteiger partial charge in [0.15, 0.2) is 5.78 Å². The van der Waals surface area contributed by atoms with E-state index < -0.39 is 0 Å². The topological polar surface area (TPSA) is 63.9 Å². The number of ether oxygens (including phenoxy) is 1. The quantitative estimate of drug-likeness (QED) is 0.632. The van der Waals surface area contributed by atoms with Crippen molar-refractivity contribution < 1.29 is 9.53 Å². The Kier molecular flexibility index (Phi) is 4.81. The third kappa shape index (κ3) is 3.27. The van der Waals surface area contributed by atoms with Gasteiger partial charge in [-0.05, 0) is 34.9 Å². The van der Waals surface area contributed by atoms with E-state index in [-0.39, 0.29) is 11.7 Å². The fourth-order valence-corrected chi connectivity index (χ4v) is 4.17. The highest BCUT2D eigenvalue weighted by molar-refractivity contribution is 6.43. The summed E-state index contributed by atoms with van der Waals surface area (Å²) in [6.45, 7) is 0.993. The Bertz CT molecular complexity index is 1170. The summed E-state index contributed by atoms with van der Waals surface area (Å²) in [4.78, 5) is 26.8. The minimum Gasteiger partial charge on any atom is -0.384 e. The first-order valence-corrected chi connectivity index (χ1v) is 10.0. The van der Waals surface area contributed by atoms with Crippen LogP contribution in [0.2, 0.25) is 0 Å². The van der Waals surface area contributed by atoms with Gasteiger partial charge in [-0.2, -0.15) is 0 Å². The Morgan fingerprint density at radius 3 is 2.63 bits per heavy atom. The van der Waals surface area contributed by atoms with Gasteiger partial charge in [0.25, 0.3) is 0 Å². The molecule has 3 heterocycles. The van der Waals surface area contributed by atoms with Crippen LogP contribution in [0.3, 0.4) is 0 Å². The van der Waals surface area contributed by atoms with E-state index in [2.05, 4.69) is 17.1 Å². The van der Waals surface area contributed by atoms with Crippen molar-refractivity contribution in [2.45, 2.75) is 18.9 Å². The molecule has 0 saturated carbocycles. The maximum Gasteiger partial charge on any atom is 0.187 e. The number of methoxy groups -OCH3 is 1. The van der Waals surface area contributed by atoms with Gasteiger partial charge in [0, 0.05) is 37.1 Å². The van der Waals surface area contributed by atoms with Crippen LogP contribution in [0, 0.1) is 0 Å². The van der Waals surface area contributed by atoms with E-state index in [1.807, 2.05) is 42.5 Å². The van der Waals surface area contributed by atoms with E-state index in [0.29, 0.717) is 25.3 Å². The molecule has 0 unspecified atom stereocenters. The lowest BCUT2D eigenvalue weighted by Gasteiger charge is -2.15. The Morgan fingerprint density at radius 2 is 1.87 bits per heavy atom. The average Bonchev–Trinajstić information content (AvgIpc) is 3.40. The predicted molar refractivity (Wildman–Crippen MR) is 117 cm³/mol. The number of Topliss-reactive ketones (excluding diaryl/α,β-unsaturated/α-hetero) is 1. The molecule has 0 amide bonds. The van der Waals surface area contributed by atoms with E-state index in [0.717, 1.165) is 33.7 Å². The summed E-state index contributed by atoms with van der Waals surface area (Å²) < 4.78 is 5.35. The van der Waals surface area contributed by atoms with E-state index in [1.54, 1.807) is 19.5 Å². The zero-order chi connectivity index (χ0) is 20.5. The summed E-state index contributed by atoms with van der Waals surface area (Å²) >= 11 is 0. The van der Waals surface area contributed by atoms with Crippen molar-refractivity contribution in [3.63, 3.8) is 0 Å². The van der Waals surface area contributed by atoms with Crippen LogP contribution in [-0.4, -0.2) is 35.9 Å². The lowest BCUT2D eigenvalue weighted by atomic mass is 9.91. The van der Waals surface area contributed by atoms with Crippen LogP contribution >= 0.6 is 0 Å². The second-order valence-corrected chi connectivity index (χ2v) is 7.56. The number of aromatic nitrogens is 1. The minimum absolute atomic E-state index is 0.0300. The van der Waals surface area contributed by atoms with Gasteiger partial charge in [0.1, 0.15) is 0 Å². The second-order valence-electron chi connectivity index (χ2n) is 7.56. The number of ketones is 1. The molecule has 0 bridgehead atoms. The molecule has 2 aromatic carbocycles. The highest BCUT2D eigenvalue weighted by atomic mass is 16.5. The Balaban J connectivity index is 1.46. The van der Waals surface area contributed by atoms with E-state index in [9.17, 15) is 4.79 Å². The normalized spacial score (nSPS) is 15.2. The van der Waals surface area contributed by atoms with Gasteiger partial charge in [-0.15, -0.1) is 0 Å². The molecule has 5 heteroatoms. The standard InChI is InChI=1S/C25H21N3O2/c1-30-15-21(16-5-3-2-4-6-16)25(29)23-12-18-11-19-14-27-24(17-7-9-26-10-8-17)20(19)13-22(18)28-23/h2-11,13,21H,12,14-15H2,1H3/t21-/m1/s1. The molecule has 0 spiro atoms. The molecule has 2 aliphatic rings. The van der Waals surface area contributed by atoms with Gasteiger partial charge in [0.2, 0.25) is 0 Å². The number of pyridine rings is 1. The van der Waals surface area contributed by atoms with Crippen LogP contribution in [0.5, 0.6) is 0 Å². The lowest BCUT2D eigenvalue weighted by Crippen LogP contribution is -2.25. The fraction of sp³-hybridized carbons (Fsp3) is 0.200. The van der Waals surface area contributed by atoms with Crippen molar-refractivity contribution in [1.82, 2.24) is 4.98 Å². The van der Waals surface area contributed by atoms with Crippen molar-refractivity contribution in [2.24, 2.45) is 9.98 Å². The third-order valence-electron chi connectivity index (χ3n) is 5.67. The van der Waals surface area contributed by atoms with Crippen molar-refractivity contribution in [3.05, 3.63) is 94.8 Å². The number of nitrogens with zero attached hydrogens (tertiary/aromatic N) is 3. The Labute approximate surface area is 175 Å². The number of aliphatic imine (C=N–C) groups is 2. The first-order valence-electron chi connectivity index (χ1n) is 10.0. The summed E-state index contributed by atoms with van der Waals surface area (Å²) in [6.07, 6.45) is 4.11. The molecule has 1 aromatic heterocycles. The molecule has 2 aliphatic heterocycles. The molecule has 30 heavy (non-hydrogen) atoms. The van der Waals surface area contributed by atoms with Gasteiger partial charge < -0.3 is 4.74 Å². The molecule has 0 fully saturated rings. The molecule has 0 saturated heterocycles. The van der Waals surface area contributed by atoms with Crippen LogP contribution in [0.15, 0.2) is 77.0 Å². The van der Waals surface area contributed by atoms with Gasteiger partial charge in [-0.3, -0.25) is 14.8 Å².